The molecule has 0 rings (SSSR count). The van der Waals surface area contributed by atoms with E-state index in [1.165, 1.54) is 0 Å². The molecule has 26 valence electrons. The fraction of sp³-hybridized carbons (Fsp3) is 1.00. The molecule has 0 aromatic rings. The molecule has 0 aliphatic rings. The molecule has 0 spiro atoms. The van der Waals surface area contributed by atoms with Gasteiger partial charge < -0.3 is 5.16 Å². The first-order valence-electron chi connectivity index (χ1n) is 1.04. The van der Waals surface area contributed by atoms with Crippen LogP contribution in [0.4, 0.5) is 0 Å². The van der Waals surface area contributed by atoms with Crippen LogP contribution < -0.4 is 5.50 Å². The van der Waals surface area contributed by atoms with Crippen molar-refractivity contribution in [3.63, 3.8) is 0 Å². The Bertz CT molecular complexity index is 29.0. The highest BCUT2D eigenvalue weighted by atomic mass is 31.1. The van der Waals surface area contributed by atoms with Gasteiger partial charge in [-0.05, 0) is 6.66 Å². The average molecular weight is 78.1 g/mol. The third-order valence-corrected chi connectivity index (χ3v) is 0. The van der Waals surface area contributed by atoms with Crippen molar-refractivity contribution in [2.24, 2.45) is 5.50 Å². The van der Waals surface area contributed by atoms with Crippen LogP contribution in [-0.2, 0) is 0 Å². The lowest BCUT2D eigenvalue weighted by molar-refractivity contribution is 1.59. The lowest BCUT2D eigenvalue weighted by atomic mass is 12.0. The Morgan fingerprint density at radius 1 is 2.00 bits per heavy atom. The molecule has 1 unspecified atom stereocenters. The minimum atomic E-state index is -1.13. The third-order valence-electron chi connectivity index (χ3n) is 0. The molecular formula is CH7N2P. The quantitative estimate of drug-likeness (QED) is 0.406. The molecule has 0 fully saturated rings. The van der Waals surface area contributed by atoms with Gasteiger partial charge in [-0.15, -0.1) is 0 Å². The van der Waals surface area contributed by atoms with Crippen molar-refractivity contribution < 1.29 is 0 Å². The summed E-state index contributed by atoms with van der Waals surface area (Å²) < 4.78 is 0. The van der Waals surface area contributed by atoms with Crippen molar-refractivity contribution in [3.8, 4) is 0 Å². The van der Waals surface area contributed by atoms with E-state index in [2.05, 4.69) is 0 Å². The lowest BCUT2D eigenvalue weighted by Crippen LogP contribution is -1.66. The summed E-state index contributed by atoms with van der Waals surface area (Å²) in [4.78, 5) is 0. The zero-order valence-corrected chi connectivity index (χ0v) is 3.58. The molecule has 0 saturated carbocycles. The summed E-state index contributed by atoms with van der Waals surface area (Å²) in [5.74, 6) is 0. The molecule has 0 heterocycles. The van der Waals surface area contributed by atoms with Crippen molar-refractivity contribution >= 4 is 7.86 Å². The smallest absolute Gasteiger partial charge is 0.00844 e. The molecule has 0 aromatic carbocycles. The summed E-state index contributed by atoms with van der Waals surface area (Å²) in [5, 5.41) is 6.46. The van der Waals surface area contributed by atoms with Gasteiger partial charge in [0.1, 0.15) is 0 Å². The van der Waals surface area contributed by atoms with Crippen molar-refractivity contribution in [1.82, 2.24) is 0 Å². The molecule has 0 aliphatic heterocycles. The maximum absolute atomic E-state index is 6.46. The van der Waals surface area contributed by atoms with E-state index >= 15 is 0 Å². The van der Waals surface area contributed by atoms with Crippen molar-refractivity contribution in [2.45, 2.75) is 0 Å². The number of nitrogens with one attached hydrogen (secondary N) is 1. The highest BCUT2D eigenvalue weighted by molar-refractivity contribution is 7.42. The first-order valence-corrected chi connectivity index (χ1v) is 3.12. The van der Waals surface area contributed by atoms with Crippen molar-refractivity contribution in [2.75, 3.05) is 6.66 Å². The van der Waals surface area contributed by atoms with Crippen LogP contribution in [0.15, 0.2) is 0 Å². The second-order valence-electron chi connectivity index (χ2n) is 0.683. The molecule has 1 atom stereocenters. The maximum atomic E-state index is 6.46. The van der Waals surface area contributed by atoms with Gasteiger partial charge in [-0.25, -0.2) is 0 Å². The monoisotopic (exact) mass is 78.0 g/mol. The SMILES string of the molecule is C[PH](=N)N. The molecule has 0 bridgehead atoms. The molecular weight excluding hydrogens is 71.0 g/mol. The molecule has 4 heavy (non-hydrogen) atoms. The van der Waals surface area contributed by atoms with E-state index in [4.69, 9.17) is 10.7 Å². The summed E-state index contributed by atoms with van der Waals surface area (Å²) in [7, 11) is -1.13. The van der Waals surface area contributed by atoms with Crippen LogP contribution >= 0.6 is 7.86 Å². The normalized spacial score (nSPS) is 15.5. The van der Waals surface area contributed by atoms with E-state index in [1.54, 1.807) is 6.66 Å². The van der Waals surface area contributed by atoms with Gasteiger partial charge >= 0.3 is 0 Å². The van der Waals surface area contributed by atoms with Crippen LogP contribution in [0.2, 0.25) is 0 Å². The fourth-order valence-corrected chi connectivity index (χ4v) is 0. The molecule has 0 saturated heterocycles. The molecule has 2 nitrogen and oxygen atoms in total. The Labute approximate surface area is 26.3 Å². The predicted molar refractivity (Wildman–Crippen MR) is 21.1 cm³/mol. The van der Waals surface area contributed by atoms with Gasteiger partial charge in [-0.2, -0.15) is 0 Å². The Balaban J connectivity index is 2.80. The van der Waals surface area contributed by atoms with E-state index in [0.29, 0.717) is 0 Å². The minimum Gasteiger partial charge on any atom is -0.307 e. The van der Waals surface area contributed by atoms with Crippen LogP contribution in [0.5, 0.6) is 0 Å². The second kappa shape index (κ2) is 1.50. The van der Waals surface area contributed by atoms with E-state index in [9.17, 15) is 0 Å². The summed E-state index contributed by atoms with van der Waals surface area (Å²) in [6.45, 7) is 1.71. The molecule has 0 radical (unpaired) electrons. The standard InChI is InChI=1S/CH7N2P/c1-4(2)3/h4H,1H3,(H3,2,3). The van der Waals surface area contributed by atoms with Gasteiger partial charge in [-0.3, -0.25) is 5.50 Å². The van der Waals surface area contributed by atoms with Crippen LogP contribution in [0.25, 0.3) is 0 Å². The molecule has 3 N–H and O–H groups in total. The van der Waals surface area contributed by atoms with Gasteiger partial charge in [0.05, 0.1) is 0 Å². The number of nitrogens with two attached hydrogens (primary N) is 1. The fourth-order valence-electron chi connectivity index (χ4n) is 0. The average Bonchev–Trinajstić information content (AvgIpc) is 0.811. The summed E-state index contributed by atoms with van der Waals surface area (Å²) in [5.41, 5.74) is 4.88. The number of hydrogen-bond donors (Lipinski definition) is 2. The van der Waals surface area contributed by atoms with Gasteiger partial charge in [0.2, 0.25) is 0 Å². The maximum Gasteiger partial charge on any atom is 0.00844 e. The van der Waals surface area contributed by atoms with Gasteiger partial charge in [0.15, 0.2) is 0 Å². The van der Waals surface area contributed by atoms with E-state index in [0.717, 1.165) is 0 Å². The Morgan fingerprint density at radius 2 is 2.00 bits per heavy atom. The molecule has 0 aromatic heterocycles. The highest BCUT2D eigenvalue weighted by Gasteiger charge is 1.50. The van der Waals surface area contributed by atoms with Crippen molar-refractivity contribution in [1.29, 1.82) is 5.16 Å². The zero-order chi connectivity index (χ0) is 3.58. The highest BCUT2D eigenvalue weighted by Crippen LogP contribution is 1.94. The topological polar surface area (TPSA) is 49.9 Å². The van der Waals surface area contributed by atoms with E-state index in [1.807, 2.05) is 0 Å². The van der Waals surface area contributed by atoms with Crippen LogP contribution in [0, 0.1) is 5.16 Å². The van der Waals surface area contributed by atoms with Crippen LogP contribution in [-0.4, -0.2) is 6.66 Å². The zero-order valence-electron chi connectivity index (χ0n) is 2.58. The van der Waals surface area contributed by atoms with Crippen LogP contribution in [0.3, 0.4) is 0 Å². The Kier molecular flexibility index (Phi) is 1.57. The lowest BCUT2D eigenvalue weighted by Gasteiger charge is -1.68. The van der Waals surface area contributed by atoms with Crippen molar-refractivity contribution in [3.05, 3.63) is 0 Å². The first-order chi connectivity index (χ1) is 1.73. The van der Waals surface area contributed by atoms with Gasteiger partial charge in [-0.1, -0.05) is 0 Å². The minimum absolute atomic E-state index is 1.13. The first kappa shape index (κ1) is 4.19. The Morgan fingerprint density at radius 3 is 2.00 bits per heavy atom. The Hall–Kier alpha value is 0.190. The van der Waals surface area contributed by atoms with Crippen LogP contribution in [0.1, 0.15) is 0 Å². The van der Waals surface area contributed by atoms with E-state index in [-0.39, 0.29) is 0 Å². The summed E-state index contributed by atoms with van der Waals surface area (Å²) in [6, 6.07) is 0. The molecule has 3 heteroatoms. The number of rotatable bonds is 0. The predicted octanol–water partition coefficient (Wildman–Crippen LogP) is 0.466. The summed E-state index contributed by atoms with van der Waals surface area (Å²) >= 11 is 0. The largest absolute Gasteiger partial charge is 0.307 e. The summed E-state index contributed by atoms with van der Waals surface area (Å²) in [6.07, 6.45) is 0. The van der Waals surface area contributed by atoms with Gasteiger partial charge in [0, 0.05) is 7.86 Å². The second-order valence-corrected chi connectivity index (χ2v) is 2.05. The third kappa shape index (κ3) is 85.9. The molecule has 0 aliphatic carbocycles. The van der Waals surface area contributed by atoms with Gasteiger partial charge in [0.25, 0.3) is 0 Å². The molecule has 0 amide bonds. The number of hydrogen-bond acceptors (Lipinski definition) is 1. The van der Waals surface area contributed by atoms with E-state index < -0.39 is 7.86 Å².